The first-order valence-electron chi connectivity index (χ1n) is 15.4. The first-order valence-corrected chi connectivity index (χ1v) is 15.4. The maximum absolute atomic E-state index is 12.8. The standard InChI is InChI=1S/C35H34N4O9/c1-18(40)35(19(2)41)13-24-11-26(23-9-7-6-8-10-23)27(12-25(24)14-35)29-30-33(37-16-36-29)39(17-38-30)34-32(47-22(5)44)31(46-21(4)43)28(48-34)15-45-20(3)42/h6-12,16-17,28,31-32,34H,13-15H2,1-5H3/t28-,31-,32-,34-/m1/s1. The lowest BCUT2D eigenvalue weighted by Crippen LogP contribution is -2.40. The lowest BCUT2D eigenvalue weighted by Gasteiger charge is -2.23. The van der Waals surface area contributed by atoms with E-state index in [1.54, 1.807) is 4.57 Å². The molecule has 13 heteroatoms. The number of rotatable bonds is 9. The van der Waals surface area contributed by atoms with Crippen LogP contribution in [0.2, 0.25) is 0 Å². The number of esters is 3. The summed E-state index contributed by atoms with van der Waals surface area (Å²) in [5.74, 6) is -2.19. The fourth-order valence-corrected chi connectivity index (χ4v) is 6.68. The van der Waals surface area contributed by atoms with Crippen LogP contribution < -0.4 is 0 Å². The summed E-state index contributed by atoms with van der Waals surface area (Å²) in [7, 11) is 0. The molecule has 6 rings (SSSR count). The summed E-state index contributed by atoms with van der Waals surface area (Å²) in [6, 6.07) is 13.7. The molecule has 2 aromatic heterocycles. The number of nitrogens with zero attached hydrogens (tertiary/aromatic N) is 4. The van der Waals surface area contributed by atoms with E-state index >= 15 is 0 Å². The number of hydrogen-bond donors (Lipinski definition) is 0. The molecule has 1 fully saturated rings. The number of Topliss-reactive ketones (excluding diaryl/α,β-unsaturated/α-hetero) is 2. The number of hydrogen-bond acceptors (Lipinski definition) is 12. The fraction of sp³-hybridized carbons (Fsp3) is 0.371. The molecule has 248 valence electrons. The van der Waals surface area contributed by atoms with Crippen molar-refractivity contribution in [2.75, 3.05) is 6.61 Å². The van der Waals surface area contributed by atoms with E-state index < -0.39 is 47.9 Å². The predicted molar refractivity (Wildman–Crippen MR) is 169 cm³/mol. The Hall–Kier alpha value is -5.30. The third-order valence-corrected chi connectivity index (χ3v) is 8.99. The molecule has 1 saturated heterocycles. The lowest BCUT2D eigenvalue weighted by molar-refractivity contribution is -0.166. The van der Waals surface area contributed by atoms with Crippen LogP contribution in [0.4, 0.5) is 0 Å². The number of ether oxygens (including phenoxy) is 4. The van der Waals surface area contributed by atoms with Gasteiger partial charge in [0, 0.05) is 26.3 Å². The zero-order chi connectivity index (χ0) is 34.3. The summed E-state index contributed by atoms with van der Waals surface area (Å²) in [6.45, 7) is 6.34. The first-order chi connectivity index (χ1) is 22.9. The van der Waals surface area contributed by atoms with E-state index in [-0.39, 0.29) is 24.6 Å². The molecule has 1 aliphatic carbocycles. The van der Waals surface area contributed by atoms with Crippen LogP contribution in [0.25, 0.3) is 33.5 Å². The molecule has 0 unspecified atom stereocenters. The smallest absolute Gasteiger partial charge is 0.303 e. The molecule has 0 amide bonds. The van der Waals surface area contributed by atoms with Gasteiger partial charge in [-0.2, -0.15) is 0 Å². The summed E-state index contributed by atoms with van der Waals surface area (Å²) in [5.41, 5.74) is 4.32. The van der Waals surface area contributed by atoms with E-state index in [4.69, 9.17) is 18.9 Å². The van der Waals surface area contributed by atoms with Gasteiger partial charge in [0.2, 0.25) is 0 Å². The van der Waals surface area contributed by atoms with Gasteiger partial charge in [-0.25, -0.2) is 15.0 Å². The van der Waals surface area contributed by atoms with Gasteiger partial charge in [0.1, 0.15) is 41.8 Å². The number of aromatic nitrogens is 4. The summed E-state index contributed by atoms with van der Waals surface area (Å²) in [6.07, 6.45) is -0.818. The van der Waals surface area contributed by atoms with Crippen LogP contribution in [0.5, 0.6) is 0 Å². The number of ketones is 2. The van der Waals surface area contributed by atoms with E-state index in [9.17, 15) is 24.0 Å². The number of imidazole rings is 1. The second kappa shape index (κ2) is 12.7. The van der Waals surface area contributed by atoms with E-state index in [1.807, 2.05) is 42.5 Å². The van der Waals surface area contributed by atoms with Crippen LogP contribution in [0.3, 0.4) is 0 Å². The topological polar surface area (TPSA) is 166 Å². The Bertz CT molecular complexity index is 1940. The molecule has 0 saturated carbocycles. The molecule has 2 aliphatic rings. The van der Waals surface area contributed by atoms with Crippen molar-refractivity contribution in [1.82, 2.24) is 19.5 Å². The molecule has 13 nitrogen and oxygen atoms in total. The van der Waals surface area contributed by atoms with E-state index in [0.29, 0.717) is 23.3 Å². The number of benzene rings is 2. The Morgan fingerprint density at radius 2 is 1.44 bits per heavy atom. The van der Waals surface area contributed by atoms with Crippen molar-refractivity contribution in [3.8, 4) is 22.4 Å². The highest BCUT2D eigenvalue weighted by Gasteiger charge is 2.51. The molecule has 48 heavy (non-hydrogen) atoms. The van der Waals surface area contributed by atoms with E-state index in [2.05, 4.69) is 15.0 Å². The highest BCUT2D eigenvalue weighted by Crippen LogP contribution is 2.45. The normalized spacial score (nSPS) is 21.0. The van der Waals surface area contributed by atoms with E-state index in [1.165, 1.54) is 47.3 Å². The summed E-state index contributed by atoms with van der Waals surface area (Å²) in [5, 5.41) is 0. The maximum Gasteiger partial charge on any atom is 0.303 e. The van der Waals surface area contributed by atoms with Crippen molar-refractivity contribution in [1.29, 1.82) is 0 Å². The minimum absolute atomic E-state index is 0.171. The van der Waals surface area contributed by atoms with Crippen LogP contribution in [-0.4, -0.2) is 73.9 Å². The molecule has 0 N–H and O–H groups in total. The van der Waals surface area contributed by atoms with Crippen molar-refractivity contribution in [2.24, 2.45) is 5.41 Å². The van der Waals surface area contributed by atoms with Gasteiger partial charge in [-0.05, 0) is 55.0 Å². The van der Waals surface area contributed by atoms with Crippen molar-refractivity contribution in [2.45, 2.75) is 72.0 Å². The highest BCUT2D eigenvalue weighted by atomic mass is 16.7. The lowest BCUT2D eigenvalue weighted by atomic mass is 9.77. The fourth-order valence-electron chi connectivity index (χ4n) is 6.68. The van der Waals surface area contributed by atoms with Crippen molar-refractivity contribution in [3.63, 3.8) is 0 Å². The Kier molecular flexibility index (Phi) is 8.65. The Labute approximate surface area is 275 Å². The van der Waals surface area contributed by atoms with E-state index in [0.717, 1.165) is 27.8 Å². The van der Waals surface area contributed by atoms with Crippen LogP contribution in [0.15, 0.2) is 55.1 Å². The second-order valence-corrected chi connectivity index (χ2v) is 12.1. The summed E-state index contributed by atoms with van der Waals surface area (Å²) >= 11 is 0. The van der Waals surface area contributed by atoms with Gasteiger partial charge in [-0.1, -0.05) is 36.4 Å². The van der Waals surface area contributed by atoms with Gasteiger partial charge in [0.15, 0.2) is 24.1 Å². The van der Waals surface area contributed by atoms with Crippen molar-refractivity contribution in [3.05, 3.63) is 66.2 Å². The average molecular weight is 655 g/mol. The third-order valence-electron chi connectivity index (χ3n) is 8.99. The Balaban J connectivity index is 1.48. The van der Waals surface area contributed by atoms with Crippen LogP contribution >= 0.6 is 0 Å². The first kappa shape index (κ1) is 32.6. The maximum atomic E-state index is 12.8. The molecular formula is C35H34N4O9. The van der Waals surface area contributed by atoms with Crippen LogP contribution in [-0.2, 0) is 55.8 Å². The summed E-state index contributed by atoms with van der Waals surface area (Å²) < 4.78 is 24.1. The highest BCUT2D eigenvalue weighted by molar-refractivity contribution is 6.06. The van der Waals surface area contributed by atoms with Crippen molar-refractivity contribution < 1.29 is 42.9 Å². The molecule has 4 aromatic rings. The Morgan fingerprint density at radius 1 is 0.812 bits per heavy atom. The SMILES string of the molecule is CC(=O)OC[C@H]1O[C@@H](n2cnc3c(-c4cc5c(cc4-c4ccccc4)CC(C(C)=O)(C(C)=O)C5)ncnc32)[C@H](OC(C)=O)[C@@H]1OC(C)=O. The zero-order valence-electron chi connectivity index (χ0n) is 27.1. The molecular weight excluding hydrogens is 620 g/mol. The molecule has 1 aliphatic heterocycles. The van der Waals surface area contributed by atoms with Gasteiger partial charge in [-0.15, -0.1) is 0 Å². The molecule has 2 aromatic carbocycles. The summed E-state index contributed by atoms with van der Waals surface area (Å²) in [4.78, 5) is 75.3. The van der Waals surface area contributed by atoms with Crippen molar-refractivity contribution >= 4 is 40.6 Å². The van der Waals surface area contributed by atoms with Gasteiger partial charge in [0.25, 0.3) is 0 Å². The van der Waals surface area contributed by atoms with Gasteiger partial charge >= 0.3 is 17.9 Å². The van der Waals surface area contributed by atoms with Gasteiger partial charge < -0.3 is 18.9 Å². The third kappa shape index (κ3) is 5.85. The number of carbonyl (C=O) groups excluding carboxylic acids is 5. The van der Waals surface area contributed by atoms with Crippen LogP contribution in [0, 0.1) is 5.41 Å². The molecule has 3 heterocycles. The minimum atomic E-state index is -1.13. The number of carbonyl (C=O) groups is 5. The zero-order valence-corrected chi connectivity index (χ0v) is 27.1. The van der Waals surface area contributed by atoms with Crippen LogP contribution in [0.1, 0.15) is 52.0 Å². The average Bonchev–Trinajstić information content (AvgIpc) is 3.73. The Morgan fingerprint density at radius 3 is 2.04 bits per heavy atom. The second-order valence-electron chi connectivity index (χ2n) is 12.1. The predicted octanol–water partition coefficient (Wildman–Crippen LogP) is 3.75. The number of fused-ring (bicyclic) bond motifs is 2. The minimum Gasteiger partial charge on any atom is -0.463 e. The van der Waals surface area contributed by atoms with Gasteiger partial charge in [-0.3, -0.25) is 28.5 Å². The largest absolute Gasteiger partial charge is 0.463 e. The molecule has 0 bridgehead atoms. The molecule has 0 spiro atoms. The molecule has 4 atom stereocenters. The van der Waals surface area contributed by atoms with Gasteiger partial charge in [0.05, 0.1) is 11.7 Å². The quantitative estimate of drug-likeness (QED) is 0.146. The monoisotopic (exact) mass is 654 g/mol. The molecule has 0 radical (unpaired) electrons.